The smallest absolute Gasteiger partial charge is 0.325 e. The van der Waals surface area contributed by atoms with Gasteiger partial charge >= 0.3 is 11.9 Å². The van der Waals surface area contributed by atoms with E-state index in [0.29, 0.717) is 0 Å². The lowest BCUT2D eigenvalue weighted by atomic mass is 10.3. The Morgan fingerprint density at radius 2 is 1.69 bits per heavy atom. The van der Waals surface area contributed by atoms with Crippen molar-refractivity contribution in [3.63, 3.8) is 0 Å². The van der Waals surface area contributed by atoms with Crippen LogP contribution in [0.3, 0.4) is 0 Å². The van der Waals surface area contributed by atoms with Crippen LogP contribution in [0.15, 0.2) is 0 Å². The highest BCUT2D eigenvalue weighted by molar-refractivity contribution is 7.87. The van der Waals surface area contributed by atoms with Crippen LogP contribution >= 0.6 is 0 Å². The zero-order chi connectivity index (χ0) is 13.4. The minimum Gasteiger partial charge on any atom is -0.481 e. The highest BCUT2D eigenvalue weighted by atomic mass is 32.2. The minimum absolute atomic E-state index is 1.07. The lowest BCUT2D eigenvalue weighted by Crippen LogP contribution is -2.31. The monoisotopic (exact) mass is 257 g/mol. The van der Waals surface area contributed by atoms with Crippen LogP contribution in [0.25, 0.3) is 0 Å². The summed E-state index contributed by atoms with van der Waals surface area (Å²) >= 11 is 0. The topological polar surface area (TPSA) is 141 Å². The van der Waals surface area contributed by atoms with Gasteiger partial charge in [-0.2, -0.15) is 8.42 Å². The third-order valence-corrected chi connectivity index (χ3v) is 2.44. The Kier molecular flexibility index (Phi) is 8.63. The SMILES string of the molecule is CCNC.O=C(O)CC(C(=O)O)S(=O)(=O)O. The van der Waals surface area contributed by atoms with Crippen LogP contribution in [-0.4, -0.2) is 54.0 Å². The summed E-state index contributed by atoms with van der Waals surface area (Å²) < 4.78 is 28.7. The fourth-order valence-electron chi connectivity index (χ4n) is 0.479. The third kappa shape index (κ3) is 9.37. The van der Waals surface area contributed by atoms with Gasteiger partial charge in [0.25, 0.3) is 10.1 Å². The standard InChI is InChI=1S/C4H6O7S.C3H9N/c5-3(6)1-2(4(7)8)12(9,10)11;1-3-4-2/h2H,1H2,(H,5,6)(H,7,8)(H,9,10,11);4H,3H2,1-2H3. The maximum Gasteiger partial charge on any atom is 0.325 e. The molecule has 0 saturated heterocycles. The van der Waals surface area contributed by atoms with Crippen LogP contribution in [0.1, 0.15) is 13.3 Å². The van der Waals surface area contributed by atoms with Gasteiger partial charge in [-0.3, -0.25) is 14.1 Å². The second-order valence-electron chi connectivity index (χ2n) is 2.65. The molecular weight excluding hydrogens is 242 g/mol. The molecule has 4 N–H and O–H groups in total. The molecule has 0 aliphatic heterocycles. The molecule has 0 rings (SSSR count). The molecule has 0 spiro atoms. The predicted molar refractivity (Wildman–Crippen MR) is 54.8 cm³/mol. The van der Waals surface area contributed by atoms with Gasteiger partial charge in [-0.05, 0) is 13.6 Å². The van der Waals surface area contributed by atoms with Crippen LogP contribution in [0.2, 0.25) is 0 Å². The molecular formula is C7H15NO7S. The van der Waals surface area contributed by atoms with Crippen molar-refractivity contribution < 1.29 is 32.8 Å². The summed E-state index contributed by atoms with van der Waals surface area (Å²) in [5.41, 5.74) is 0. The lowest BCUT2D eigenvalue weighted by Gasteiger charge is -2.04. The van der Waals surface area contributed by atoms with Crippen molar-refractivity contribution in [2.75, 3.05) is 13.6 Å². The van der Waals surface area contributed by atoms with E-state index in [1.165, 1.54) is 0 Å². The quantitative estimate of drug-likeness (QED) is 0.461. The van der Waals surface area contributed by atoms with Crippen molar-refractivity contribution in [2.45, 2.75) is 18.6 Å². The predicted octanol–water partition coefficient (Wildman–Crippen LogP) is -0.972. The first-order valence-corrected chi connectivity index (χ1v) is 5.72. The molecule has 0 saturated carbocycles. The van der Waals surface area contributed by atoms with E-state index >= 15 is 0 Å². The van der Waals surface area contributed by atoms with Gasteiger partial charge in [0.2, 0.25) is 0 Å². The third-order valence-electron chi connectivity index (χ3n) is 1.35. The van der Waals surface area contributed by atoms with Crippen molar-refractivity contribution in [3.8, 4) is 0 Å². The van der Waals surface area contributed by atoms with E-state index in [1.54, 1.807) is 0 Å². The van der Waals surface area contributed by atoms with Gasteiger partial charge in [0.1, 0.15) is 0 Å². The first-order valence-electron chi connectivity index (χ1n) is 4.22. The number of hydrogen-bond donors (Lipinski definition) is 4. The number of rotatable bonds is 5. The Labute approximate surface area is 93.0 Å². The van der Waals surface area contributed by atoms with Gasteiger partial charge in [-0.25, -0.2) is 0 Å². The molecule has 0 aromatic heterocycles. The van der Waals surface area contributed by atoms with E-state index < -0.39 is 33.7 Å². The molecule has 0 aliphatic carbocycles. The van der Waals surface area contributed by atoms with E-state index in [1.807, 2.05) is 7.05 Å². The largest absolute Gasteiger partial charge is 0.481 e. The number of nitrogens with one attached hydrogen (secondary N) is 1. The van der Waals surface area contributed by atoms with Crippen LogP contribution in [-0.2, 0) is 19.7 Å². The molecule has 0 bridgehead atoms. The summed E-state index contributed by atoms with van der Waals surface area (Å²) in [5, 5.41) is 16.8. The summed E-state index contributed by atoms with van der Waals surface area (Å²) in [6.07, 6.45) is -1.16. The zero-order valence-corrected chi connectivity index (χ0v) is 9.69. The first kappa shape index (κ1) is 17.2. The second-order valence-corrected chi connectivity index (χ2v) is 4.25. The van der Waals surface area contributed by atoms with Crippen molar-refractivity contribution in [3.05, 3.63) is 0 Å². The van der Waals surface area contributed by atoms with Crippen LogP contribution in [0.4, 0.5) is 0 Å². The molecule has 0 aromatic rings. The summed E-state index contributed by atoms with van der Waals surface area (Å²) in [6, 6.07) is 0. The molecule has 8 nitrogen and oxygen atoms in total. The molecule has 1 unspecified atom stereocenters. The molecule has 16 heavy (non-hydrogen) atoms. The molecule has 96 valence electrons. The van der Waals surface area contributed by atoms with Gasteiger partial charge in [0.05, 0.1) is 6.42 Å². The van der Waals surface area contributed by atoms with Crippen molar-refractivity contribution >= 4 is 22.1 Å². The van der Waals surface area contributed by atoms with Gasteiger partial charge < -0.3 is 15.5 Å². The fraction of sp³-hybridized carbons (Fsp3) is 0.714. The molecule has 0 aromatic carbocycles. The van der Waals surface area contributed by atoms with E-state index in [-0.39, 0.29) is 0 Å². The number of aliphatic carboxylic acids is 2. The van der Waals surface area contributed by atoms with Crippen LogP contribution in [0.5, 0.6) is 0 Å². The summed E-state index contributed by atoms with van der Waals surface area (Å²) in [5.74, 6) is -3.50. The van der Waals surface area contributed by atoms with E-state index in [0.717, 1.165) is 6.54 Å². The maximum atomic E-state index is 10.2. The van der Waals surface area contributed by atoms with Gasteiger partial charge in [0.15, 0.2) is 5.25 Å². The van der Waals surface area contributed by atoms with Crippen molar-refractivity contribution in [1.82, 2.24) is 5.32 Å². The normalized spacial score (nSPS) is 12.2. The molecule has 0 amide bonds. The molecule has 0 radical (unpaired) electrons. The van der Waals surface area contributed by atoms with Crippen molar-refractivity contribution in [1.29, 1.82) is 0 Å². The van der Waals surface area contributed by atoms with Crippen molar-refractivity contribution in [2.24, 2.45) is 0 Å². The molecule has 0 aliphatic rings. The molecule has 1 atom stereocenters. The van der Waals surface area contributed by atoms with Gasteiger partial charge in [-0.1, -0.05) is 6.92 Å². The Hall–Kier alpha value is -1.19. The molecule has 0 heterocycles. The maximum absolute atomic E-state index is 10.2. The van der Waals surface area contributed by atoms with Gasteiger partial charge in [0, 0.05) is 0 Å². The fourth-order valence-corrected chi connectivity index (χ4v) is 1.09. The van der Waals surface area contributed by atoms with Gasteiger partial charge in [-0.15, -0.1) is 0 Å². The lowest BCUT2D eigenvalue weighted by molar-refractivity contribution is -0.143. The Morgan fingerprint density at radius 3 is 1.75 bits per heavy atom. The Morgan fingerprint density at radius 1 is 1.31 bits per heavy atom. The van der Waals surface area contributed by atoms with E-state index in [2.05, 4.69) is 12.2 Å². The average Bonchev–Trinajstić information content (AvgIpc) is 2.12. The number of hydrogen-bond acceptors (Lipinski definition) is 5. The van der Waals surface area contributed by atoms with Crippen LogP contribution in [0, 0.1) is 0 Å². The van der Waals surface area contributed by atoms with E-state index in [9.17, 15) is 18.0 Å². The minimum atomic E-state index is -4.84. The van der Waals surface area contributed by atoms with E-state index in [4.69, 9.17) is 14.8 Å². The molecule has 9 heteroatoms. The number of carboxylic acid groups (broad SMARTS) is 2. The summed E-state index contributed by atoms with van der Waals surface area (Å²) in [6.45, 7) is 3.14. The summed E-state index contributed by atoms with van der Waals surface area (Å²) in [4.78, 5) is 20.0. The second kappa shape index (κ2) is 8.02. The summed E-state index contributed by atoms with van der Waals surface area (Å²) in [7, 11) is -2.91. The zero-order valence-electron chi connectivity index (χ0n) is 8.87. The average molecular weight is 257 g/mol. The first-order chi connectivity index (χ1) is 7.16. The Balaban J connectivity index is 0. The number of carboxylic acids is 2. The molecule has 0 fully saturated rings. The highest BCUT2D eigenvalue weighted by Crippen LogP contribution is 2.04. The highest BCUT2D eigenvalue weighted by Gasteiger charge is 2.33. The Bertz CT molecular complexity index is 322. The number of carbonyl (C=O) groups is 2. The van der Waals surface area contributed by atoms with Crippen LogP contribution < -0.4 is 5.32 Å².